The lowest BCUT2D eigenvalue weighted by atomic mass is 9.89. The molecule has 0 heterocycles. The number of carbonyl (C=O) groups is 1. The molecule has 1 atom stereocenters. The molecule has 1 unspecified atom stereocenters. The standard InChI is InChI=1S/C12H25NO2/c1-5-10(2)11(15)13-8-6-7-12(3,4)9-14/h10,14H,5-9H2,1-4H3,(H,13,15). The van der Waals surface area contributed by atoms with E-state index in [-0.39, 0.29) is 23.8 Å². The summed E-state index contributed by atoms with van der Waals surface area (Å²) in [6, 6.07) is 0. The van der Waals surface area contributed by atoms with Crippen molar-refractivity contribution in [3.05, 3.63) is 0 Å². The molecule has 0 spiro atoms. The molecule has 15 heavy (non-hydrogen) atoms. The van der Waals surface area contributed by atoms with Crippen LogP contribution in [0.15, 0.2) is 0 Å². The van der Waals surface area contributed by atoms with E-state index in [1.165, 1.54) is 0 Å². The SMILES string of the molecule is CCC(C)C(=O)NCCCC(C)(C)CO. The van der Waals surface area contributed by atoms with Gasteiger partial charge in [0.2, 0.25) is 5.91 Å². The van der Waals surface area contributed by atoms with Crippen molar-refractivity contribution in [2.75, 3.05) is 13.2 Å². The Hall–Kier alpha value is -0.570. The molecular weight excluding hydrogens is 190 g/mol. The molecule has 3 heteroatoms. The second kappa shape index (κ2) is 6.83. The van der Waals surface area contributed by atoms with Gasteiger partial charge in [0.25, 0.3) is 0 Å². The lowest BCUT2D eigenvalue weighted by Gasteiger charge is -2.21. The van der Waals surface area contributed by atoms with Gasteiger partial charge in [-0.3, -0.25) is 4.79 Å². The van der Waals surface area contributed by atoms with Crippen LogP contribution in [0.25, 0.3) is 0 Å². The van der Waals surface area contributed by atoms with Gasteiger partial charge in [0.1, 0.15) is 0 Å². The summed E-state index contributed by atoms with van der Waals surface area (Å²) in [5, 5.41) is 12.0. The van der Waals surface area contributed by atoms with E-state index in [0.717, 1.165) is 19.3 Å². The van der Waals surface area contributed by atoms with Crippen molar-refractivity contribution >= 4 is 5.91 Å². The molecule has 3 nitrogen and oxygen atoms in total. The van der Waals surface area contributed by atoms with E-state index < -0.39 is 0 Å². The Labute approximate surface area is 93.3 Å². The Kier molecular flexibility index (Phi) is 6.57. The summed E-state index contributed by atoms with van der Waals surface area (Å²) in [4.78, 5) is 11.4. The van der Waals surface area contributed by atoms with E-state index in [2.05, 4.69) is 5.32 Å². The molecule has 0 aliphatic heterocycles. The van der Waals surface area contributed by atoms with Gasteiger partial charge in [-0.1, -0.05) is 27.7 Å². The van der Waals surface area contributed by atoms with Gasteiger partial charge in [-0.2, -0.15) is 0 Å². The molecule has 0 aliphatic carbocycles. The lowest BCUT2D eigenvalue weighted by molar-refractivity contribution is -0.124. The summed E-state index contributed by atoms with van der Waals surface area (Å²) >= 11 is 0. The zero-order valence-corrected chi connectivity index (χ0v) is 10.5. The van der Waals surface area contributed by atoms with Crippen molar-refractivity contribution in [2.24, 2.45) is 11.3 Å². The molecule has 0 bridgehead atoms. The molecule has 0 aliphatic rings. The molecule has 1 amide bonds. The van der Waals surface area contributed by atoms with Crippen LogP contribution in [0.1, 0.15) is 47.0 Å². The number of rotatable bonds is 7. The molecular formula is C12H25NO2. The first-order chi connectivity index (χ1) is 6.93. The number of amides is 1. The van der Waals surface area contributed by atoms with Crippen molar-refractivity contribution in [1.29, 1.82) is 0 Å². The monoisotopic (exact) mass is 215 g/mol. The molecule has 0 aromatic carbocycles. The van der Waals surface area contributed by atoms with E-state index in [1.807, 2.05) is 27.7 Å². The highest BCUT2D eigenvalue weighted by Crippen LogP contribution is 2.20. The summed E-state index contributed by atoms with van der Waals surface area (Å²) in [5.41, 5.74) is -0.0267. The number of carbonyl (C=O) groups excluding carboxylic acids is 1. The molecule has 2 N–H and O–H groups in total. The first kappa shape index (κ1) is 14.4. The fourth-order valence-corrected chi connectivity index (χ4v) is 1.22. The minimum atomic E-state index is -0.0267. The third-order valence-corrected chi connectivity index (χ3v) is 2.82. The molecule has 0 saturated heterocycles. The highest BCUT2D eigenvalue weighted by molar-refractivity contribution is 5.78. The molecule has 0 rings (SSSR count). The van der Waals surface area contributed by atoms with E-state index >= 15 is 0 Å². The van der Waals surface area contributed by atoms with Gasteiger partial charge in [-0.15, -0.1) is 0 Å². The zero-order valence-electron chi connectivity index (χ0n) is 10.5. The van der Waals surface area contributed by atoms with Crippen LogP contribution in [0.2, 0.25) is 0 Å². The Balaban J connectivity index is 3.59. The van der Waals surface area contributed by atoms with Crippen molar-refractivity contribution in [3.8, 4) is 0 Å². The second-order valence-corrected chi connectivity index (χ2v) is 5.03. The number of nitrogens with one attached hydrogen (secondary N) is 1. The zero-order chi connectivity index (χ0) is 11.9. The fraction of sp³-hybridized carbons (Fsp3) is 0.917. The van der Waals surface area contributed by atoms with Crippen molar-refractivity contribution < 1.29 is 9.90 Å². The van der Waals surface area contributed by atoms with Crippen LogP contribution in [-0.4, -0.2) is 24.2 Å². The fourth-order valence-electron chi connectivity index (χ4n) is 1.22. The lowest BCUT2D eigenvalue weighted by Crippen LogP contribution is -2.30. The van der Waals surface area contributed by atoms with Crippen LogP contribution >= 0.6 is 0 Å². The Morgan fingerprint density at radius 3 is 2.53 bits per heavy atom. The van der Waals surface area contributed by atoms with Crippen LogP contribution in [0.3, 0.4) is 0 Å². The summed E-state index contributed by atoms with van der Waals surface area (Å²) in [7, 11) is 0. The molecule has 0 radical (unpaired) electrons. The summed E-state index contributed by atoms with van der Waals surface area (Å²) in [6.07, 6.45) is 2.74. The Morgan fingerprint density at radius 1 is 1.47 bits per heavy atom. The van der Waals surface area contributed by atoms with Gasteiger partial charge in [0.15, 0.2) is 0 Å². The molecule has 0 saturated carbocycles. The smallest absolute Gasteiger partial charge is 0.222 e. The van der Waals surface area contributed by atoms with E-state index in [0.29, 0.717) is 6.54 Å². The maximum absolute atomic E-state index is 11.4. The first-order valence-corrected chi connectivity index (χ1v) is 5.81. The second-order valence-electron chi connectivity index (χ2n) is 5.03. The Bertz CT molecular complexity index is 190. The molecule has 0 aromatic rings. The van der Waals surface area contributed by atoms with Crippen LogP contribution in [0.5, 0.6) is 0 Å². The topological polar surface area (TPSA) is 49.3 Å². The quantitative estimate of drug-likeness (QED) is 0.638. The predicted octanol–water partition coefficient (Wildman–Crippen LogP) is 1.95. The third-order valence-electron chi connectivity index (χ3n) is 2.82. The Morgan fingerprint density at radius 2 is 2.07 bits per heavy atom. The van der Waals surface area contributed by atoms with Crippen LogP contribution < -0.4 is 5.32 Å². The number of aliphatic hydroxyl groups excluding tert-OH is 1. The molecule has 0 aromatic heterocycles. The normalized spacial score (nSPS) is 13.7. The van der Waals surface area contributed by atoms with Crippen LogP contribution in [0, 0.1) is 11.3 Å². The minimum Gasteiger partial charge on any atom is -0.396 e. The first-order valence-electron chi connectivity index (χ1n) is 5.81. The molecule has 90 valence electrons. The predicted molar refractivity (Wildman–Crippen MR) is 62.6 cm³/mol. The van der Waals surface area contributed by atoms with Crippen LogP contribution in [0.4, 0.5) is 0 Å². The number of hydrogen-bond donors (Lipinski definition) is 2. The van der Waals surface area contributed by atoms with E-state index in [1.54, 1.807) is 0 Å². The van der Waals surface area contributed by atoms with E-state index in [4.69, 9.17) is 5.11 Å². The van der Waals surface area contributed by atoms with Crippen LogP contribution in [-0.2, 0) is 4.79 Å². The minimum absolute atomic E-state index is 0.0267. The van der Waals surface area contributed by atoms with Gasteiger partial charge in [0.05, 0.1) is 0 Å². The van der Waals surface area contributed by atoms with Crippen molar-refractivity contribution in [2.45, 2.75) is 47.0 Å². The average molecular weight is 215 g/mol. The summed E-state index contributed by atoms with van der Waals surface area (Å²) < 4.78 is 0. The average Bonchev–Trinajstić information content (AvgIpc) is 2.22. The largest absolute Gasteiger partial charge is 0.396 e. The molecule has 0 fully saturated rings. The van der Waals surface area contributed by atoms with E-state index in [9.17, 15) is 4.79 Å². The van der Waals surface area contributed by atoms with Crippen molar-refractivity contribution in [3.63, 3.8) is 0 Å². The van der Waals surface area contributed by atoms with Crippen molar-refractivity contribution in [1.82, 2.24) is 5.32 Å². The van der Waals surface area contributed by atoms with Gasteiger partial charge >= 0.3 is 0 Å². The maximum atomic E-state index is 11.4. The highest BCUT2D eigenvalue weighted by Gasteiger charge is 2.16. The number of aliphatic hydroxyl groups is 1. The van der Waals surface area contributed by atoms with Gasteiger partial charge < -0.3 is 10.4 Å². The van der Waals surface area contributed by atoms with Gasteiger partial charge in [0, 0.05) is 19.1 Å². The summed E-state index contributed by atoms with van der Waals surface area (Å²) in [5.74, 6) is 0.246. The highest BCUT2D eigenvalue weighted by atomic mass is 16.3. The van der Waals surface area contributed by atoms with Gasteiger partial charge in [-0.05, 0) is 24.7 Å². The maximum Gasteiger partial charge on any atom is 0.222 e. The summed E-state index contributed by atoms with van der Waals surface area (Å²) in [6.45, 7) is 8.93. The van der Waals surface area contributed by atoms with Gasteiger partial charge in [-0.25, -0.2) is 0 Å². The third kappa shape index (κ3) is 6.50. The number of hydrogen-bond acceptors (Lipinski definition) is 2.